The highest BCUT2D eigenvalue weighted by atomic mass is 16.5. The summed E-state index contributed by atoms with van der Waals surface area (Å²) in [6.07, 6.45) is 2.51. The van der Waals surface area contributed by atoms with Crippen LogP contribution in [-0.4, -0.2) is 55.5 Å². The van der Waals surface area contributed by atoms with Gasteiger partial charge in [0, 0.05) is 67.4 Å². The molecule has 0 N–H and O–H groups in total. The maximum Gasteiger partial charge on any atom is 0.302 e. The van der Waals surface area contributed by atoms with Crippen molar-refractivity contribution >= 4 is 22.6 Å². The molecule has 7 heteroatoms. The first kappa shape index (κ1) is 27.1. The Balaban J connectivity index is 1.97. The quantitative estimate of drug-likeness (QED) is 0.346. The van der Waals surface area contributed by atoms with Gasteiger partial charge in [-0.25, -0.2) is 0 Å². The number of ether oxygens (including phenoxy) is 3. The van der Waals surface area contributed by atoms with Gasteiger partial charge in [-0.3, -0.25) is 9.78 Å². The number of nitrogens with zero attached hydrogens (tertiary/aromatic N) is 3. The predicted molar refractivity (Wildman–Crippen MR) is 148 cm³/mol. The maximum absolute atomic E-state index is 11.6. The molecule has 0 aliphatic carbocycles. The van der Waals surface area contributed by atoms with Crippen LogP contribution >= 0.6 is 0 Å². The molecular formula is C30H41N3O4. The van der Waals surface area contributed by atoms with Crippen LogP contribution in [0.2, 0.25) is 0 Å². The first-order valence-corrected chi connectivity index (χ1v) is 13.3. The summed E-state index contributed by atoms with van der Waals surface area (Å²) in [6.45, 7) is 16.5. The summed E-state index contributed by atoms with van der Waals surface area (Å²) in [6, 6.07) is 9.03. The molecule has 1 aliphatic heterocycles. The lowest BCUT2D eigenvalue weighted by atomic mass is 9.84. The lowest BCUT2D eigenvalue weighted by Gasteiger charge is -2.29. The van der Waals surface area contributed by atoms with Crippen LogP contribution in [0.1, 0.15) is 57.5 Å². The van der Waals surface area contributed by atoms with Crippen LogP contribution in [0.3, 0.4) is 0 Å². The van der Waals surface area contributed by atoms with Crippen molar-refractivity contribution in [2.45, 2.75) is 60.6 Å². The van der Waals surface area contributed by atoms with Crippen LogP contribution in [0.15, 0.2) is 30.5 Å². The number of carbonyl (C=O) groups excluding carboxylic acids is 1. The Hall–Kier alpha value is -2.90. The summed E-state index contributed by atoms with van der Waals surface area (Å²) < 4.78 is 19.2. The fraction of sp³-hybridized carbons (Fsp3) is 0.533. The fourth-order valence-electron chi connectivity index (χ4n) is 5.28. The van der Waals surface area contributed by atoms with Gasteiger partial charge in [-0.1, -0.05) is 13.8 Å². The Bertz CT molecular complexity index is 1260. The second-order valence-electron chi connectivity index (χ2n) is 10.8. The molecule has 1 unspecified atom stereocenters. The second-order valence-corrected chi connectivity index (χ2v) is 10.8. The third-order valence-electron chi connectivity index (χ3n) is 7.21. The van der Waals surface area contributed by atoms with Gasteiger partial charge in [0.25, 0.3) is 0 Å². The van der Waals surface area contributed by atoms with Gasteiger partial charge in [-0.15, -0.1) is 0 Å². The van der Waals surface area contributed by atoms with Gasteiger partial charge in [0.05, 0.1) is 37.3 Å². The number of anilines is 1. The molecule has 0 saturated carbocycles. The number of fused-ring (bicyclic) bond motifs is 1. The smallest absolute Gasteiger partial charge is 0.302 e. The van der Waals surface area contributed by atoms with E-state index in [1.54, 1.807) is 7.11 Å². The molecule has 0 bridgehead atoms. The largest absolute Gasteiger partial charge is 0.465 e. The number of carbonyl (C=O) groups is 1. The van der Waals surface area contributed by atoms with Crippen LogP contribution in [0, 0.1) is 12.3 Å². The molecule has 1 fully saturated rings. The summed E-state index contributed by atoms with van der Waals surface area (Å²) in [5, 5.41) is 1.23. The lowest BCUT2D eigenvalue weighted by molar-refractivity contribution is -0.143. The van der Waals surface area contributed by atoms with Crippen LogP contribution in [-0.2, 0) is 32.0 Å². The Kier molecular flexibility index (Phi) is 8.24. The lowest BCUT2D eigenvalue weighted by Crippen LogP contribution is -2.36. The Labute approximate surface area is 220 Å². The molecule has 4 rings (SSSR count). The van der Waals surface area contributed by atoms with E-state index in [9.17, 15) is 4.79 Å². The third kappa shape index (κ3) is 5.83. The molecule has 3 aromatic rings. The second kappa shape index (κ2) is 11.2. The average Bonchev–Trinajstić information content (AvgIpc) is 3.19. The highest BCUT2D eigenvalue weighted by Crippen LogP contribution is 2.42. The Morgan fingerprint density at radius 2 is 1.95 bits per heavy atom. The van der Waals surface area contributed by atoms with Crippen LogP contribution in [0.5, 0.6) is 0 Å². The monoisotopic (exact) mass is 507 g/mol. The van der Waals surface area contributed by atoms with Crippen LogP contribution < -0.4 is 4.90 Å². The summed E-state index contributed by atoms with van der Waals surface area (Å²) in [4.78, 5) is 18.9. The van der Waals surface area contributed by atoms with E-state index in [2.05, 4.69) is 61.4 Å². The average molecular weight is 508 g/mol. The number of rotatable bonds is 9. The molecule has 37 heavy (non-hydrogen) atoms. The van der Waals surface area contributed by atoms with E-state index in [4.69, 9.17) is 19.2 Å². The van der Waals surface area contributed by atoms with Crippen molar-refractivity contribution in [2.24, 2.45) is 5.41 Å². The summed E-state index contributed by atoms with van der Waals surface area (Å²) >= 11 is 0. The minimum absolute atomic E-state index is 0.148. The van der Waals surface area contributed by atoms with E-state index in [-0.39, 0.29) is 17.5 Å². The highest BCUT2D eigenvalue weighted by molar-refractivity contribution is 5.94. The molecule has 0 spiro atoms. The van der Waals surface area contributed by atoms with E-state index in [1.165, 1.54) is 34.8 Å². The number of benzene rings is 1. The highest BCUT2D eigenvalue weighted by Gasteiger charge is 2.29. The van der Waals surface area contributed by atoms with Gasteiger partial charge in [0.1, 0.15) is 0 Å². The molecule has 0 radical (unpaired) electrons. The SMILES string of the molecule is CCn1c(-c2cc(C)cnc2C(C)OC)c(CC(C)(C)COC(C)=O)c2cc(N3CCOCC3)ccc21. The van der Waals surface area contributed by atoms with Gasteiger partial charge >= 0.3 is 5.97 Å². The van der Waals surface area contributed by atoms with E-state index in [0.29, 0.717) is 6.61 Å². The van der Waals surface area contributed by atoms with Crippen molar-refractivity contribution < 1.29 is 19.0 Å². The molecule has 2 aromatic heterocycles. The van der Waals surface area contributed by atoms with E-state index < -0.39 is 0 Å². The number of hydrogen-bond acceptors (Lipinski definition) is 6. The van der Waals surface area contributed by atoms with Crippen molar-refractivity contribution in [3.8, 4) is 11.3 Å². The zero-order chi connectivity index (χ0) is 26.7. The molecule has 1 aliphatic rings. The van der Waals surface area contributed by atoms with Crippen molar-refractivity contribution in [3.05, 3.63) is 47.3 Å². The number of hydrogen-bond donors (Lipinski definition) is 0. The van der Waals surface area contributed by atoms with Crippen molar-refractivity contribution in [1.29, 1.82) is 0 Å². The van der Waals surface area contributed by atoms with Gasteiger partial charge in [0.15, 0.2) is 0 Å². The molecule has 1 aromatic carbocycles. The molecule has 7 nitrogen and oxygen atoms in total. The Morgan fingerprint density at radius 3 is 2.59 bits per heavy atom. The minimum Gasteiger partial charge on any atom is -0.465 e. The van der Waals surface area contributed by atoms with Gasteiger partial charge in [-0.2, -0.15) is 0 Å². The molecular weight excluding hydrogens is 466 g/mol. The van der Waals surface area contributed by atoms with Gasteiger partial charge < -0.3 is 23.7 Å². The normalized spacial score (nSPS) is 15.3. The van der Waals surface area contributed by atoms with E-state index in [1.807, 2.05) is 13.1 Å². The third-order valence-corrected chi connectivity index (χ3v) is 7.21. The van der Waals surface area contributed by atoms with E-state index >= 15 is 0 Å². The first-order valence-electron chi connectivity index (χ1n) is 13.3. The summed E-state index contributed by atoms with van der Waals surface area (Å²) in [7, 11) is 1.73. The van der Waals surface area contributed by atoms with Crippen molar-refractivity contribution in [1.82, 2.24) is 9.55 Å². The topological polar surface area (TPSA) is 65.8 Å². The van der Waals surface area contributed by atoms with Crippen LogP contribution in [0.4, 0.5) is 5.69 Å². The van der Waals surface area contributed by atoms with Gasteiger partial charge in [-0.05, 0) is 62.6 Å². The summed E-state index contributed by atoms with van der Waals surface area (Å²) in [5.41, 5.74) is 7.70. The van der Waals surface area contributed by atoms with Crippen molar-refractivity contribution in [3.63, 3.8) is 0 Å². The molecule has 1 saturated heterocycles. The molecule has 200 valence electrons. The zero-order valence-electron chi connectivity index (χ0n) is 23.4. The van der Waals surface area contributed by atoms with Crippen LogP contribution in [0.25, 0.3) is 22.2 Å². The predicted octanol–water partition coefficient (Wildman–Crippen LogP) is 5.71. The number of aromatic nitrogens is 2. The minimum atomic E-state index is -0.257. The number of esters is 1. The number of methoxy groups -OCH3 is 1. The number of pyridine rings is 1. The van der Waals surface area contributed by atoms with E-state index in [0.717, 1.165) is 56.1 Å². The standard InChI is InChI=1S/C30H41N3O4/c1-8-33-27-10-9-23(32-11-13-36-14-12-32)16-24(27)26(17-30(5,6)19-37-22(4)34)29(33)25-15-20(2)18-31-28(25)21(3)35-7/h9-10,15-16,18,21H,8,11-14,17,19H2,1-7H3. The molecule has 1 atom stereocenters. The molecule has 0 amide bonds. The first-order chi connectivity index (χ1) is 17.6. The van der Waals surface area contributed by atoms with Crippen molar-refractivity contribution in [2.75, 3.05) is 44.9 Å². The maximum atomic E-state index is 11.6. The van der Waals surface area contributed by atoms with Gasteiger partial charge in [0.2, 0.25) is 0 Å². The number of aryl methyl sites for hydroxylation is 2. The fourth-order valence-corrected chi connectivity index (χ4v) is 5.28. The summed E-state index contributed by atoms with van der Waals surface area (Å²) in [5.74, 6) is -0.252. The Morgan fingerprint density at radius 1 is 1.22 bits per heavy atom. The molecule has 3 heterocycles. The zero-order valence-corrected chi connectivity index (χ0v) is 23.4. The number of morpholine rings is 1.